The molecule has 1 fully saturated rings. The molecule has 0 saturated carbocycles. The van der Waals surface area contributed by atoms with Crippen LogP contribution in [0.3, 0.4) is 0 Å². The van der Waals surface area contributed by atoms with E-state index in [0.29, 0.717) is 30.5 Å². The lowest BCUT2D eigenvalue weighted by Crippen LogP contribution is -2.43. The zero-order chi connectivity index (χ0) is 20.1. The van der Waals surface area contributed by atoms with Crippen molar-refractivity contribution in [3.05, 3.63) is 76.9 Å². The molecule has 1 N–H and O–H groups in total. The van der Waals surface area contributed by atoms with Gasteiger partial charge in [0.05, 0.1) is 19.3 Å². The van der Waals surface area contributed by atoms with Crippen LogP contribution in [0.4, 0.5) is 0 Å². The third-order valence-electron chi connectivity index (χ3n) is 4.92. The average Bonchev–Trinajstić information content (AvgIpc) is 3.26. The first-order valence-corrected chi connectivity index (χ1v) is 9.95. The van der Waals surface area contributed by atoms with Gasteiger partial charge in [0.2, 0.25) is 0 Å². The minimum absolute atomic E-state index is 0.155. The fourth-order valence-electron chi connectivity index (χ4n) is 3.33. The molecule has 1 unspecified atom stereocenters. The molecule has 0 radical (unpaired) electrons. The Hall–Kier alpha value is -2.67. The molecule has 1 aromatic heterocycles. The van der Waals surface area contributed by atoms with Crippen molar-refractivity contribution in [3.63, 3.8) is 0 Å². The second-order valence-corrected chi connectivity index (χ2v) is 7.37. The largest absolute Gasteiger partial charge is 0.379 e. The average molecular weight is 412 g/mol. The molecule has 0 spiro atoms. The minimum Gasteiger partial charge on any atom is -0.379 e. The van der Waals surface area contributed by atoms with Gasteiger partial charge in [-0.15, -0.1) is 0 Å². The molecule has 3 aromatic rings. The summed E-state index contributed by atoms with van der Waals surface area (Å²) in [6.07, 6.45) is 0. The smallest absolute Gasteiger partial charge is 0.274 e. The molecule has 29 heavy (non-hydrogen) atoms. The first-order valence-electron chi connectivity index (χ1n) is 9.57. The Morgan fingerprint density at radius 3 is 2.55 bits per heavy atom. The van der Waals surface area contributed by atoms with E-state index in [4.69, 9.17) is 20.9 Å². The standard InChI is InChI=1S/C22H22ClN3O3/c23-18-8-6-17(7-9-18)21-14-19(25-29-21)22(27)24-20(16-4-2-1-3-5-16)15-26-10-12-28-13-11-26/h1-9,14,20H,10-13,15H2,(H,24,27). The van der Waals surface area contributed by atoms with Gasteiger partial charge < -0.3 is 14.6 Å². The SMILES string of the molecule is O=C(NC(CN1CCOCC1)c1ccccc1)c1cc(-c2ccc(Cl)cc2)on1. The maximum absolute atomic E-state index is 12.9. The summed E-state index contributed by atoms with van der Waals surface area (Å²) < 4.78 is 10.8. The molecule has 7 heteroatoms. The van der Waals surface area contributed by atoms with Crippen LogP contribution in [0.15, 0.2) is 65.2 Å². The van der Waals surface area contributed by atoms with Crippen LogP contribution in [0.25, 0.3) is 11.3 Å². The molecule has 0 aliphatic carbocycles. The van der Waals surface area contributed by atoms with Crippen LogP contribution < -0.4 is 5.32 Å². The maximum atomic E-state index is 12.9. The van der Waals surface area contributed by atoms with E-state index >= 15 is 0 Å². The fourth-order valence-corrected chi connectivity index (χ4v) is 3.45. The molecule has 1 saturated heterocycles. The van der Waals surface area contributed by atoms with E-state index in [1.54, 1.807) is 18.2 Å². The van der Waals surface area contributed by atoms with Gasteiger partial charge in [-0.05, 0) is 29.8 Å². The van der Waals surface area contributed by atoms with Crippen molar-refractivity contribution in [3.8, 4) is 11.3 Å². The number of ether oxygens (including phenoxy) is 1. The van der Waals surface area contributed by atoms with Gasteiger partial charge in [-0.1, -0.05) is 47.1 Å². The quantitative estimate of drug-likeness (QED) is 0.668. The molecule has 1 amide bonds. The molecule has 2 heterocycles. The number of hydrogen-bond acceptors (Lipinski definition) is 5. The number of benzene rings is 2. The molecule has 1 aliphatic rings. The van der Waals surface area contributed by atoms with E-state index in [0.717, 1.165) is 24.2 Å². The number of hydrogen-bond donors (Lipinski definition) is 1. The van der Waals surface area contributed by atoms with Crippen molar-refractivity contribution < 1.29 is 14.1 Å². The van der Waals surface area contributed by atoms with Crippen molar-refractivity contribution in [2.24, 2.45) is 0 Å². The number of amides is 1. The summed E-state index contributed by atoms with van der Waals surface area (Å²) in [7, 11) is 0. The highest BCUT2D eigenvalue weighted by atomic mass is 35.5. The van der Waals surface area contributed by atoms with E-state index in [9.17, 15) is 4.79 Å². The number of carbonyl (C=O) groups excluding carboxylic acids is 1. The van der Waals surface area contributed by atoms with Crippen LogP contribution in [0.2, 0.25) is 5.02 Å². The molecule has 1 atom stereocenters. The van der Waals surface area contributed by atoms with Gasteiger partial charge in [0, 0.05) is 36.3 Å². The Balaban J connectivity index is 1.49. The van der Waals surface area contributed by atoms with Gasteiger partial charge in [-0.2, -0.15) is 0 Å². The second-order valence-electron chi connectivity index (χ2n) is 6.93. The monoisotopic (exact) mass is 411 g/mol. The fraction of sp³-hybridized carbons (Fsp3) is 0.273. The first kappa shape index (κ1) is 19.6. The van der Waals surface area contributed by atoms with Crippen LogP contribution in [0, 0.1) is 0 Å². The van der Waals surface area contributed by atoms with E-state index < -0.39 is 0 Å². The molecule has 2 aromatic carbocycles. The van der Waals surface area contributed by atoms with Gasteiger partial charge in [-0.25, -0.2) is 0 Å². The van der Waals surface area contributed by atoms with Crippen LogP contribution in [0.1, 0.15) is 22.1 Å². The molecule has 0 bridgehead atoms. The summed E-state index contributed by atoms with van der Waals surface area (Å²) in [5.41, 5.74) is 2.11. The lowest BCUT2D eigenvalue weighted by molar-refractivity contribution is 0.0332. The molecule has 6 nitrogen and oxygen atoms in total. The summed E-state index contributed by atoms with van der Waals surface area (Å²) in [5, 5.41) is 7.70. The Kier molecular flexibility index (Phi) is 6.24. The van der Waals surface area contributed by atoms with E-state index in [1.165, 1.54) is 0 Å². The number of halogens is 1. The summed E-state index contributed by atoms with van der Waals surface area (Å²) in [6.45, 7) is 3.83. The Morgan fingerprint density at radius 2 is 1.83 bits per heavy atom. The molecule has 4 rings (SSSR count). The third kappa shape index (κ3) is 5.03. The predicted molar refractivity (Wildman–Crippen MR) is 111 cm³/mol. The Labute approximate surface area is 174 Å². The molecular formula is C22H22ClN3O3. The van der Waals surface area contributed by atoms with E-state index in [-0.39, 0.29) is 17.6 Å². The number of carbonyl (C=O) groups is 1. The topological polar surface area (TPSA) is 67.6 Å². The normalized spacial score (nSPS) is 15.8. The minimum atomic E-state index is -0.268. The van der Waals surface area contributed by atoms with Crippen molar-refractivity contribution >= 4 is 17.5 Å². The molecule has 150 valence electrons. The van der Waals surface area contributed by atoms with Crippen LogP contribution in [-0.4, -0.2) is 48.8 Å². The highest BCUT2D eigenvalue weighted by Gasteiger charge is 2.22. The summed E-state index contributed by atoms with van der Waals surface area (Å²) in [6, 6.07) is 18.7. The number of rotatable bonds is 6. The lowest BCUT2D eigenvalue weighted by Gasteiger charge is -2.31. The first-order chi connectivity index (χ1) is 14.2. The number of aromatic nitrogens is 1. The van der Waals surface area contributed by atoms with E-state index in [2.05, 4.69) is 15.4 Å². The second kappa shape index (κ2) is 9.22. The van der Waals surface area contributed by atoms with Crippen molar-refractivity contribution in [1.29, 1.82) is 0 Å². The van der Waals surface area contributed by atoms with Crippen LogP contribution in [-0.2, 0) is 4.74 Å². The van der Waals surface area contributed by atoms with Crippen molar-refractivity contribution in [1.82, 2.24) is 15.4 Å². The van der Waals surface area contributed by atoms with Crippen LogP contribution >= 0.6 is 11.6 Å². The third-order valence-corrected chi connectivity index (χ3v) is 5.18. The number of nitrogens with one attached hydrogen (secondary N) is 1. The van der Waals surface area contributed by atoms with Gasteiger partial charge in [-0.3, -0.25) is 9.69 Å². The predicted octanol–water partition coefficient (Wildman–Crippen LogP) is 3.80. The highest BCUT2D eigenvalue weighted by Crippen LogP contribution is 2.23. The Morgan fingerprint density at radius 1 is 1.10 bits per heavy atom. The summed E-state index contributed by atoms with van der Waals surface area (Å²) in [5.74, 6) is 0.257. The van der Waals surface area contributed by atoms with Gasteiger partial charge >= 0.3 is 0 Å². The maximum Gasteiger partial charge on any atom is 0.274 e. The summed E-state index contributed by atoms with van der Waals surface area (Å²) in [4.78, 5) is 15.2. The van der Waals surface area contributed by atoms with E-state index in [1.807, 2.05) is 42.5 Å². The highest BCUT2D eigenvalue weighted by molar-refractivity contribution is 6.30. The van der Waals surface area contributed by atoms with Gasteiger partial charge in [0.25, 0.3) is 5.91 Å². The van der Waals surface area contributed by atoms with Gasteiger partial charge in [0.15, 0.2) is 11.5 Å². The molecular weight excluding hydrogens is 390 g/mol. The number of nitrogens with zero attached hydrogens (tertiary/aromatic N) is 2. The van der Waals surface area contributed by atoms with Crippen LogP contribution in [0.5, 0.6) is 0 Å². The Bertz CT molecular complexity index is 937. The zero-order valence-corrected chi connectivity index (χ0v) is 16.6. The zero-order valence-electron chi connectivity index (χ0n) is 15.9. The lowest BCUT2D eigenvalue weighted by atomic mass is 10.1. The van der Waals surface area contributed by atoms with Gasteiger partial charge in [0.1, 0.15) is 0 Å². The number of morpholine rings is 1. The van der Waals surface area contributed by atoms with Crippen molar-refractivity contribution in [2.75, 3.05) is 32.8 Å². The summed E-state index contributed by atoms with van der Waals surface area (Å²) >= 11 is 5.93. The van der Waals surface area contributed by atoms with Crippen molar-refractivity contribution in [2.45, 2.75) is 6.04 Å². The molecule has 1 aliphatic heterocycles.